The zero-order chi connectivity index (χ0) is 10.8. The predicted molar refractivity (Wildman–Crippen MR) is 55.4 cm³/mol. The fraction of sp³-hybridized carbons (Fsp3) is 0.818. The minimum atomic E-state index is -0.347. The second-order valence-electron chi connectivity index (χ2n) is 4.51. The van der Waals surface area contributed by atoms with E-state index in [1.807, 2.05) is 6.92 Å². The molecule has 3 atom stereocenters. The largest absolute Gasteiger partial charge is 0.393 e. The van der Waals surface area contributed by atoms with E-state index in [0.29, 0.717) is 24.1 Å². The Morgan fingerprint density at radius 2 is 2.33 bits per heavy atom. The van der Waals surface area contributed by atoms with Crippen molar-refractivity contribution in [2.24, 2.45) is 5.92 Å². The Labute approximate surface area is 89.7 Å². The van der Waals surface area contributed by atoms with Gasteiger partial charge in [-0.25, -0.2) is 0 Å². The molecule has 2 rings (SSSR count). The van der Waals surface area contributed by atoms with Gasteiger partial charge in [-0.3, -0.25) is 0 Å². The average Bonchev–Trinajstić information content (AvgIpc) is 2.74. The van der Waals surface area contributed by atoms with Gasteiger partial charge in [0, 0.05) is 5.92 Å². The molecule has 15 heavy (non-hydrogen) atoms. The highest BCUT2D eigenvalue weighted by atomic mass is 16.5. The molecular formula is C11H18N2O2. The monoisotopic (exact) mass is 210 g/mol. The molecule has 3 unspecified atom stereocenters. The number of rotatable bonds is 5. The van der Waals surface area contributed by atoms with Gasteiger partial charge in [-0.05, 0) is 18.8 Å². The third-order valence-electron chi connectivity index (χ3n) is 2.96. The topological polar surface area (TPSA) is 59.2 Å². The number of aromatic nitrogens is 2. The third kappa shape index (κ3) is 2.56. The molecule has 0 aliphatic heterocycles. The molecule has 1 fully saturated rings. The van der Waals surface area contributed by atoms with Crippen LogP contribution in [0.3, 0.4) is 0 Å². The van der Waals surface area contributed by atoms with Crippen LogP contribution in [0.15, 0.2) is 4.52 Å². The van der Waals surface area contributed by atoms with Crippen molar-refractivity contribution in [3.05, 3.63) is 11.7 Å². The quantitative estimate of drug-likeness (QED) is 0.806. The molecule has 0 saturated heterocycles. The Bertz CT molecular complexity index is 324. The average molecular weight is 210 g/mol. The van der Waals surface area contributed by atoms with Crippen molar-refractivity contribution >= 4 is 0 Å². The normalized spacial score (nSPS) is 26.6. The molecule has 1 N–H and O–H groups in total. The molecule has 1 aromatic rings. The van der Waals surface area contributed by atoms with E-state index in [4.69, 9.17) is 4.52 Å². The van der Waals surface area contributed by atoms with Crippen molar-refractivity contribution in [3.63, 3.8) is 0 Å². The smallest absolute Gasteiger partial charge is 0.229 e. The van der Waals surface area contributed by atoms with Crippen LogP contribution >= 0.6 is 0 Å². The van der Waals surface area contributed by atoms with Crippen LogP contribution in [0.4, 0.5) is 0 Å². The Balaban J connectivity index is 1.89. The first kappa shape index (κ1) is 10.6. The second-order valence-corrected chi connectivity index (χ2v) is 4.51. The molecule has 0 aromatic carbocycles. The molecule has 0 radical (unpaired) electrons. The van der Waals surface area contributed by atoms with Crippen molar-refractivity contribution in [2.45, 2.75) is 51.6 Å². The molecule has 1 heterocycles. The minimum absolute atomic E-state index is 0.347. The fourth-order valence-corrected chi connectivity index (χ4v) is 1.82. The zero-order valence-electron chi connectivity index (χ0n) is 9.31. The number of hydrogen-bond donors (Lipinski definition) is 1. The van der Waals surface area contributed by atoms with E-state index in [9.17, 15) is 5.11 Å². The summed E-state index contributed by atoms with van der Waals surface area (Å²) in [6.07, 6.45) is 3.07. The van der Waals surface area contributed by atoms with Crippen LogP contribution < -0.4 is 0 Å². The van der Waals surface area contributed by atoms with Crippen molar-refractivity contribution in [1.82, 2.24) is 10.1 Å². The summed E-state index contributed by atoms with van der Waals surface area (Å²) in [5.41, 5.74) is 0. The third-order valence-corrected chi connectivity index (χ3v) is 2.96. The lowest BCUT2D eigenvalue weighted by Crippen LogP contribution is -2.09. The Kier molecular flexibility index (Phi) is 3.05. The molecule has 1 aliphatic carbocycles. The highest BCUT2D eigenvalue weighted by molar-refractivity contribution is 5.07. The predicted octanol–water partition coefficient (Wildman–Crippen LogP) is 1.90. The van der Waals surface area contributed by atoms with Crippen LogP contribution in [0.2, 0.25) is 0 Å². The van der Waals surface area contributed by atoms with Gasteiger partial charge in [-0.2, -0.15) is 4.98 Å². The zero-order valence-corrected chi connectivity index (χ0v) is 9.31. The van der Waals surface area contributed by atoms with E-state index in [1.165, 1.54) is 0 Å². The lowest BCUT2D eigenvalue weighted by molar-refractivity contribution is 0.151. The lowest BCUT2D eigenvalue weighted by atomic mass is 10.1. The molecule has 4 nitrogen and oxygen atoms in total. The van der Waals surface area contributed by atoms with Gasteiger partial charge in [-0.1, -0.05) is 25.4 Å². The maximum absolute atomic E-state index is 9.59. The molecule has 1 saturated carbocycles. The second kappa shape index (κ2) is 4.31. The van der Waals surface area contributed by atoms with E-state index >= 15 is 0 Å². The number of aliphatic hydroxyl groups excluding tert-OH is 1. The van der Waals surface area contributed by atoms with Gasteiger partial charge in [0.15, 0.2) is 5.82 Å². The highest BCUT2D eigenvalue weighted by Crippen LogP contribution is 2.45. The van der Waals surface area contributed by atoms with Crippen LogP contribution in [-0.4, -0.2) is 21.4 Å². The molecule has 0 spiro atoms. The van der Waals surface area contributed by atoms with Gasteiger partial charge in [0.05, 0.1) is 12.5 Å². The molecular weight excluding hydrogens is 192 g/mol. The number of aliphatic hydroxyl groups is 1. The molecule has 0 amide bonds. The van der Waals surface area contributed by atoms with Gasteiger partial charge in [-0.15, -0.1) is 0 Å². The van der Waals surface area contributed by atoms with Crippen molar-refractivity contribution < 1.29 is 9.63 Å². The van der Waals surface area contributed by atoms with Crippen molar-refractivity contribution in [2.75, 3.05) is 0 Å². The van der Waals surface area contributed by atoms with E-state index < -0.39 is 0 Å². The SMILES string of the molecule is CCCC(O)Cc1nc(C2CC2C)no1. The molecule has 4 heteroatoms. The summed E-state index contributed by atoms with van der Waals surface area (Å²) in [4.78, 5) is 4.31. The minimum Gasteiger partial charge on any atom is -0.393 e. The summed E-state index contributed by atoms with van der Waals surface area (Å²) in [5.74, 6) is 2.58. The first-order chi connectivity index (χ1) is 7.20. The van der Waals surface area contributed by atoms with Gasteiger partial charge in [0.2, 0.25) is 5.89 Å². The van der Waals surface area contributed by atoms with Crippen molar-refractivity contribution in [1.29, 1.82) is 0 Å². The van der Waals surface area contributed by atoms with Gasteiger partial charge >= 0.3 is 0 Å². The Morgan fingerprint density at radius 3 is 2.93 bits per heavy atom. The van der Waals surface area contributed by atoms with Gasteiger partial charge in [0.1, 0.15) is 0 Å². The van der Waals surface area contributed by atoms with Crippen LogP contribution in [0.5, 0.6) is 0 Å². The van der Waals surface area contributed by atoms with Crippen molar-refractivity contribution in [3.8, 4) is 0 Å². The van der Waals surface area contributed by atoms with E-state index in [-0.39, 0.29) is 6.10 Å². The van der Waals surface area contributed by atoms with E-state index in [2.05, 4.69) is 17.1 Å². The Morgan fingerprint density at radius 1 is 1.60 bits per heavy atom. The summed E-state index contributed by atoms with van der Waals surface area (Å²) in [7, 11) is 0. The first-order valence-electron chi connectivity index (χ1n) is 5.71. The van der Waals surface area contributed by atoms with Crippen LogP contribution in [0, 0.1) is 5.92 Å². The highest BCUT2D eigenvalue weighted by Gasteiger charge is 2.38. The molecule has 1 aliphatic rings. The van der Waals surface area contributed by atoms with Crippen LogP contribution in [-0.2, 0) is 6.42 Å². The maximum Gasteiger partial charge on any atom is 0.229 e. The summed E-state index contributed by atoms with van der Waals surface area (Å²) >= 11 is 0. The van der Waals surface area contributed by atoms with Crippen LogP contribution in [0.25, 0.3) is 0 Å². The molecule has 0 bridgehead atoms. The number of hydrogen-bond acceptors (Lipinski definition) is 4. The molecule has 84 valence electrons. The standard InChI is InChI=1S/C11H18N2O2/c1-3-4-8(14)6-10-12-11(13-15-10)9-5-7(9)2/h7-9,14H,3-6H2,1-2H3. The molecule has 1 aromatic heterocycles. The summed E-state index contributed by atoms with van der Waals surface area (Å²) in [5, 5.41) is 13.5. The van der Waals surface area contributed by atoms with E-state index in [0.717, 1.165) is 25.1 Å². The van der Waals surface area contributed by atoms with E-state index in [1.54, 1.807) is 0 Å². The number of nitrogens with zero attached hydrogens (tertiary/aromatic N) is 2. The van der Waals surface area contributed by atoms with Gasteiger partial charge < -0.3 is 9.63 Å². The summed E-state index contributed by atoms with van der Waals surface area (Å²) in [6, 6.07) is 0. The Hall–Kier alpha value is -0.900. The lowest BCUT2D eigenvalue weighted by Gasteiger charge is -2.03. The first-order valence-corrected chi connectivity index (χ1v) is 5.71. The fourth-order valence-electron chi connectivity index (χ4n) is 1.82. The maximum atomic E-state index is 9.59. The van der Waals surface area contributed by atoms with Gasteiger partial charge in [0.25, 0.3) is 0 Å². The summed E-state index contributed by atoms with van der Waals surface area (Å²) < 4.78 is 5.11. The van der Waals surface area contributed by atoms with Crippen LogP contribution in [0.1, 0.15) is 50.7 Å². The summed E-state index contributed by atoms with van der Waals surface area (Å²) in [6.45, 7) is 4.24.